The van der Waals surface area contributed by atoms with Gasteiger partial charge in [-0.15, -0.1) is 0 Å². The van der Waals surface area contributed by atoms with Crippen LogP contribution in [0.4, 0.5) is 0 Å². The monoisotopic (exact) mass is 198 g/mol. The number of aryl methyl sites for hydroxylation is 1. The van der Waals surface area contributed by atoms with Crippen LogP contribution in [0.1, 0.15) is 11.1 Å². The predicted molar refractivity (Wildman–Crippen MR) is 52.3 cm³/mol. The van der Waals surface area contributed by atoms with Crippen molar-refractivity contribution in [1.29, 1.82) is 0 Å². The molecule has 1 rings (SSSR count). The zero-order chi connectivity index (χ0) is 11.1. The Labute approximate surface area is 82.8 Å². The van der Waals surface area contributed by atoms with Gasteiger partial charge < -0.3 is 14.9 Å². The minimum atomic E-state index is 0.142. The van der Waals surface area contributed by atoms with Gasteiger partial charge in [-0.2, -0.15) is 0 Å². The highest BCUT2D eigenvalue weighted by Gasteiger charge is 2.02. The zero-order valence-electron chi connectivity index (χ0n) is 8.44. The minimum Gasteiger partial charge on any atom is -0.508 e. The third-order valence-corrected chi connectivity index (χ3v) is 1.70. The number of carbonyl (C=O) groups excluding carboxylic acids is 1. The molecule has 0 fully saturated rings. The number of phenols is 2. The lowest BCUT2D eigenvalue weighted by Crippen LogP contribution is -1.79. The first-order chi connectivity index (χ1) is 6.54. The third kappa shape index (κ3) is 3.35. The molecule has 0 radical (unpaired) electrons. The molecule has 0 saturated heterocycles. The summed E-state index contributed by atoms with van der Waals surface area (Å²) in [6, 6.07) is 3.25. The molecule has 14 heavy (non-hydrogen) atoms. The van der Waals surface area contributed by atoms with Crippen molar-refractivity contribution in [3.8, 4) is 11.5 Å². The standard InChI is InChI=1S/C8H10O2.C2H4O2/c1-5-3-4-7(9)6(2)8(5)10;1-4-2-3/h3-4,9-10H,1-2H3;2H,1H3. The molecule has 0 saturated carbocycles. The maximum atomic E-state index is 9.23. The van der Waals surface area contributed by atoms with Crippen molar-refractivity contribution >= 4 is 6.47 Å². The number of hydrogen-bond donors (Lipinski definition) is 2. The van der Waals surface area contributed by atoms with E-state index in [1.165, 1.54) is 7.11 Å². The molecule has 0 aliphatic rings. The summed E-state index contributed by atoms with van der Waals surface area (Å²) in [4.78, 5) is 8.95. The fraction of sp³-hybridized carbons (Fsp3) is 0.300. The Balaban J connectivity index is 0.000000364. The lowest BCUT2D eigenvalue weighted by Gasteiger charge is -2.03. The smallest absolute Gasteiger partial charge is 0.292 e. The van der Waals surface area contributed by atoms with E-state index in [9.17, 15) is 5.11 Å². The molecular formula is C10H14O4. The Bertz CT molecular complexity index is 280. The van der Waals surface area contributed by atoms with E-state index in [2.05, 4.69) is 4.74 Å². The predicted octanol–water partition coefficient (Wildman–Crippen LogP) is 1.50. The topological polar surface area (TPSA) is 66.8 Å². The van der Waals surface area contributed by atoms with E-state index in [1.54, 1.807) is 26.0 Å². The van der Waals surface area contributed by atoms with Crippen molar-refractivity contribution in [3.63, 3.8) is 0 Å². The molecule has 2 N–H and O–H groups in total. The number of methoxy groups -OCH3 is 1. The number of benzene rings is 1. The summed E-state index contributed by atoms with van der Waals surface area (Å²) in [7, 11) is 1.31. The molecule has 0 bridgehead atoms. The van der Waals surface area contributed by atoms with Crippen LogP contribution in [-0.4, -0.2) is 23.8 Å². The van der Waals surface area contributed by atoms with Crippen molar-refractivity contribution in [1.82, 2.24) is 0 Å². The Kier molecular flexibility index (Phi) is 5.14. The molecule has 4 nitrogen and oxygen atoms in total. The molecule has 0 atom stereocenters. The van der Waals surface area contributed by atoms with Crippen molar-refractivity contribution in [3.05, 3.63) is 23.3 Å². The van der Waals surface area contributed by atoms with E-state index in [0.717, 1.165) is 5.56 Å². The summed E-state index contributed by atoms with van der Waals surface area (Å²) < 4.78 is 3.86. The van der Waals surface area contributed by atoms with E-state index >= 15 is 0 Å². The van der Waals surface area contributed by atoms with E-state index in [4.69, 9.17) is 9.90 Å². The first-order valence-electron chi connectivity index (χ1n) is 3.99. The largest absolute Gasteiger partial charge is 0.508 e. The summed E-state index contributed by atoms with van der Waals surface area (Å²) in [5.41, 5.74) is 1.33. The molecule has 1 aromatic carbocycles. The third-order valence-electron chi connectivity index (χ3n) is 1.70. The molecule has 0 aliphatic carbocycles. The van der Waals surface area contributed by atoms with Crippen molar-refractivity contribution in [2.75, 3.05) is 7.11 Å². The molecule has 0 amide bonds. The molecule has 0 aliphatic heterocycles. The first kappa shape index (κ1) is 12.3. The second-order valence-corrected chi connectivity index (χ2v) is 2.71. The van der Waals surface area contributed by atoms with Gasteiger partial charge in [0.05, 0.1) is 7.11 Å². The number of phenolic OH excluding ortho intramolecular Hbond substituents is 2. The van der Waals surface area contributed by atoms with Crippen LogP contribution in [0.5, 0.6) is 11.5 Å². The van der Waals surface area contributed by atoms with E-state index in [0.29, 0.717) is 12.0 Å². The van der Waals surface area contributed by atoms with Crippen LogP contribution in [0, 0.1) is 13.8 Å². The SMILES string of the molecule is COC=O.Cc1ccc(O)c(C)c1O. The second kappa shape index (κ2) is 5.85. The molecule has 1 aromatic rings. The van der Waals surface area contributed by atoms with Crippen molar-refractivity contribution < 1.29 is 19.7 Å². The quantitative estimate of drug-likeness (QED) is 0.671. The van der Waals surface area contributed by atoms with Crippen LogP contribution in [0.15, 0.2) is 12.1 Å². The number of aromatic hydroxyl groups is 2. The Morgan fingerprint density at radius 1 is 1.29 bits per heavy atom. The highest BCUT2D eigenvalue weighted by atomic mass is 16.5. The van der Waals surface area contributed by atoms with Crippen molar-refractivity contribution in [2.45, 2.75) is 13.8 Å². The van der Waals surface area contributed by atoms with Gasteiger partial charge in [0.15, 0.2) is 0 Å². The average Bonchev–Trinajstić information content (AvgIpc) is 2.21. The number of hydrogen-bond acceptors (Lipinski definition) is 4. The first-order valence-corrected chi connectivity index (χ1v) is 3.99. The van der Waals surface area contributed by atoms with Gasteiger partial charge in [-0.25, -0.2) is 0 Å². The highest BCUT2D eigenvalue weighted by Crippen LogP contribution is 2.28. The Morgan fingerprint density at radius 2 is 1.79 bits per heavy atom. The van der Waals surface area contributed by atoms with E-state index in [-0.39, 0.29) is 11.5 Å². The Hall–Kier alpha value is -1.71. The molecule has 4 heteroatoms. The van der Waals surface area contributed by atoms with Gasteiger partial charge in [-0.3, -0.25) is 4.79 Å². The summed E-state index contributed by atoms with van der Waals surface area (Å²) in [5.74, 6) is 0.322. The van der Waals surface area contributed by atoms with Crippen LogP contribution >= 0.6 is 0 Å². The van der Waals surface area contributed by atoms with Gasteiger partial charge >= 0.3 is 0 Å². The lowest BCUT2D eigenvalue weighted by atomic mass is 10.1. The minimum absolute atomic E-state index is 0.142. The molecular weight excluding hydrogens is 184 g/mol. The van der Waals surface area contributed by atoms with Gasteiger partial charge in [0, 0.05) is 5.56 Å². The van der Waals surface area contributed by atoms with Crippen LogP contribution in [0.25, 0.3) is 0 Å². The van der Waals surface area contributed by atoms with Crippen LogP contribution in [0.3, 0.4) is 0 Å². The average molecular weight is 198 g/mol. The maximum Gasteiger partial charge on any atom is 0.292 e. The zero-order valence-corrected chi connectivity index (χ0v) is 8.44. The maximum absolute atomic E-state index is 9.23. The summed E-state index contributed by atoms with van der Waals surface area (Å²) >= 11 is 0. The normalized spacial score (nSPS) is 8.50. The van der Waals surface area contributed by atoms with Gasteiger partial charge in [0.2, 0.25) is 0 Å². The van der Waals surface area contributed by atoms with Crippen LogP contribution in [-0.2, 0) is 9.53 Å². The lowest BCUT2D eigenvalue weighted by molar-refractivity contribution is -0.126. The summed E-state index contributed by atoms with van der Waals surface area (Å²) in [6.45, 7) is 3.85. The van der Waals surface area contributed by atoms with E-state index in [1.807, 2.05) is 0 Å². The van der Waals surface area contributed by atoms with Gasteiger partial charge in [-0.05, 0) is 25.5 Å². The molecule has 0 aromatic heterocycles. The molecule has 0 spiro atoms. The fourth-order valence-electron chi connectivity index (χ4n) is 0.825. The highest BCUT2D eigenvalue weighted by molar-refractivity contribution is 5.46. The summed E-state index contributed by atoms with van der Waals surface area (Å²) in [5, 5.41) is 18.3. The summed E-state index contributed by atoms with van der Waals surface area (Å²) in [6.07, 6.45) is 0. The fourth-order valence-corrected chi connectivity index (χ4v) is 0.825. The van der Waals surface area contributed by atoms with Crippen LogP contribution < -0.4 is 0 Å². The Morgan fingerprint density at radius 3 is 2.14 bits per heavy atom. The number of carbonyl (C=O) groups is 1. The second-order valence-electron chi connectivity index (χ2n) is 2.71. The number of rotatable bonds is 1. The molecule has 0 heterocycles. The molecule has 78 valence electrons. The number of ether oxygens (including phenoxy) is 1. The van der Waals surface area contributed by atoms with Crippen LogP contribution in [0.2, 0.25) is 0 Å². The van der Waals surface area contributed by atoms with E-state index < -0.39 is 0 Å². The molecule has 0 unspecified atom stereocenters. The van der Waals surface area contributed by atoms with Gasteiger partial charge in [-0.1, -0.05) is 6.07 Å². The van der Waals surface area contributed by atoms with Gasteiger partial charge in [0.1, 0.15) is 11.5 Å². The van der Waals surface area contributed by atoms with Crippen molar-refractivity contribution in [2.24, 2.45) is 0 Å². The van der Waals surface area contributed by atoms with Gasteiger partial charge in [0.25, 0.3) is 6.47 Å².